The zero-order chi connectivity index (χ0) is 42.1. The summed E-state index contributed by atoms with van der Waals surface area (Å²) >= 11 is 0. The molecule has 0 aromatic heterocycles. The highest BCUT2D eigenvalue weighted by atomic mass is 31.2. The van der Waals surface area contributed by atoms with Crippen molar-refractivity contribution in [3.63, 3.8) is 0 Å². The summed E-state index contributed by atoms with van der Waals surface area (Å²) in [7, 11) is 1.39. The predicted molar refractivity (Wildman–Crippen MR) is 238 cm³/mol. The van der Waals surface area contributed by atoms with E-state index in [9.17, 15) is 19.0 Å². The standard InChI is InChI=1S/C47H78NO8P/c1-6-8-10-12-14-16-18-20-22-24-26-28-30-32-34-36-38-40-47(50)56-45(44-55-57(51,52)54-42-41-48(3,4)5)43-53-46(49)39-37-35-33-31-29-27-25-23-21-19-17-15-13-11-9-7-2/h14-17,20-23,26-29,32-35,45H,6-13,18-19,24-25,30-31,36-44H2,1-5H3/p+1/b16-14-,17-15-,22-20-,23-21-,28-26-,29-27-,34-32-,35-33-/t45-/m1/s1. The summed E-state index contributed by atoms with van der Waals surface area (Å²) in [5.41, 5.74) is 0. The van der Waals surface area contributed by atoms with Gasteiger partial charge in [0.05, 0.1) is 27.7 Å². The number of likely N-dealkylation sites (N-methyl/N-ethyl adjacent to an activating group) is 1. The Balaban J connectivity index is 4.61. The molecule has 0 heterocycles. The molecule has 57 heavy (non-hydrogen) atoms. The van der Waals surface area contributed by atoms with Crippen LogP contribution in [0, 0.1) is 0 Å². The van der Waals surface area contributed by atoms with E-state index in [2.05, 4.69) is 92.8 Å². The fourth-order valence-corrected chi connectivity index (χ4v) is 5.69. The van der Waals surface area contributed by atoms with Gasteiger partial charge >= 0.3 is 19.8 Å². The van der Waals surface area contributed by atoms with Crippen LogP contribution in [0.4, 0.5) is 0 Å². The van der Waals surface area contributed by atoms with Crippen LogP contribution in [-0.2, 0) is 32.7 Å². The lowest BCUT2D eigenvalue weighted by Gasteiger charge is -2.24. The quantitative estimate of drug-likeness (QED) is 0.0217. The van der Waals surface area contributed by atoms with E-state index in [1.54, 1.807) is 0 Å². The second kappa shape index (κ2) is 38.4. The van der Waals surface area contributed by atoms with E-state index in [1.807, 2.05) is 39.4 Å². The van der Waals surface area contributed by atoms with Crippen molar-refractivity contribution in [2.45, 2.75) is 142 Å². The largest absolute Gasteiger partial charge is 0.472 e. The number of esters is 2. The molecule has 0 bridgehead atoms. The van der Waals surface area contributed by atoms with Gasteiger partial charge in [-0.3, -0.25) is 18.6 Å². The van der Waals surface area contributed by atoms with Crippen LogP contribution in [-0.4, -0.2) is 74.9 Å². The van der Waals surface area contributed by atoms with Crippen LogP contribution in [0.15, 0.2) is 97.2 Å². The first-order chi connectivity index (χ1) is 27.5. The highest BCUT2D eigenvalue weighted by Gasteiger charge is 2.27. The number of nitrogens with zero attached hydrogens (tertiary/aromatic N) is 1. The second-order valence-electron chi connectivity index (χ2n) is 15.0. The minimum atomic E-state index is -4.41. The predicted octanol–water partition coefficient (Wildman–Crippen LogP) is 12.2. The number of hydrogen-bond acceptors (Lipinski definition) is 7. The number of rotatable bonds is 37. The Hall–Kier alpha value is -3.07. The molecule has 0 saturated heterocycles. The first-order valence-corrected chi connectivity index (χ1v) is 23.0. The van der Waals surface area contributed by atoms with Gasteiger partial charge in [0.25, 0.3) is 0 Å². The van der Waals surface area contributed by atoms with Crippen LogP contribution in [0.25, 0.3) is 0 Å². The smallest absolute Gasteiger partial charge is 0.462 e. The fraction of sp³-hybridized carbons (Fsp3) is 0.617. The summed E-state index contributed by atoms with van der Waals surface area (Å²) in [6.45, 7) is 4.18. The first kappa shape index (κ1) is 53.9. The van der Waals surface area contributed by atoms with E-state index in [-0.39, 0.29) is 26.1 Å². The van der Waals surface area contributed by atoms with Gasteiger partial charge in [-0.05, 0) is 83.5 Å². The summed E-state index contributed by atoms with van der Waals surface area (Å²) in [5.74, 6) is -0.969. The summed E-state index contributed by atoms with van der Waals surface area (Å²) in [6, 6.07) is 0. The van der Waals surface area contributed by atoms with Gasteiger partial charge in [-0.1, -0.05) is 137 Å². The van der Waals surface area contributed by atoms with Crippen LogP contribution < -0.4 is 0 Å². The van der Waals surface area contributed by atoms with Crippen molar-refractivity contribution in [2.24, 2.45) is 0 Å². The average Bonchev–Trinajstić information content (AvgIpc) is 3.16. The van der Waals surface area contributed by atoms with Crippen molar-refractivity contribution in [3.05, 3.63) is 97.2 Å². The van der Waals surface area contributed by atoms with Crippen molar-refractivity contribution in [2.75, 3.05) is 47.5 Å². The average molecular weight is 817 g/mol. The minimum Gasteiger partial charge on any atom is -0.462 e. The molecule has 1 unspecified atom stereocenters. The van der Waals surface area contributed by atoms with Crippen molar-refractivity contribution >= 4 is 19.8 Å². The van der Waals surface area contributed by atoms with E-state index >= 15 is 0 Å². The van der Waals surface area contributed by atoms with E-state index in [1.165, 1.54) is 44.9 Å². The molecule has 0 fully saturated rings. The number of phosphoric ester groups is 1. The van der Waals surface area contributed by atoms with Crippen LogP contribution in [0.5, 0.6) is 0 Å². The van der Waals surface area contributed by atoms with E-state index in [4.69, 9.17) is 18.5 Å². The van der Waals surface area contributed by atoms with E-state index in [0.29, 0.717) is 30.3 Å². The normalized spacial score (nSPS) is 14.6. The van der Waals surface area contributed by atoms with Gasteiger partial charge in [0.15, 0.2) is 6.10 Å². The zero-order valence-corrected chi connectivity index (χ0v) is 37.2. The zero-order valence-electron chi connectivity index (χ0n) is 36.3. The lowest BCUT2D eigenvalue weighted by Crippen LogP contribution is -2.37. The monoisotopic (exact) mass is 817 g/mol. The molecule has 324 valence electrons. The maximum Gasteiger partial charge on any atom is 0.472 e. The van der Waals surface area contributed by atoms with Crippen LogP contribution in [0.3, 0.4) is 0 Å². The molecule has 0 radical (unpaired) electrons. The number of ether oxygens (including phenoxy) is 2. The molecule has 0 aromatic carbocycles. The number of phosphoric acid groups is 1. The molecule has 10 heteroatoms. The highest BCUT2D eigenvalue weighted by molar-refractivity contribution is 7.47. The molecule has 0 aromatic rings. The number of carbonyl (C=O) groups excluding carboxylic acids is 2. The molecular weight excluding hydrogens is 737 g/mol. The number of unbranched alkanes of at least 4 members (excludes halogenated alkanes) is 7. The Bertz CT molecular complexity index is 1290. The Kier molecular flexibility index (Phi) is 36.4. The Morgan fingerprint density at radius 3 is 1.40 bits per heavy atom. The van der Waals surface area contributed by atoms with Gasteiger partial charge in [-0.2, -0.15) is 0 Å². The third-order valence-electron chi connectivity index (χ3n) is 8.35. The van der Waals surface area contributed by atoms with Crippen molar-refractivity contribution in [1.82, 2.24) is 0 Å². The van der Waals surface area contributed by atoms with Crippen molar-refractivity contribution < 1.29 is 42.1 Å². The van der Waals surface area contributed by atoms with E-state index < -0.39 is 32.5 Å². The van der Waals surface area contributed by atoms with Crippen LogP contribution in [0.2, 0.25) is 0 Å². The second-order valence-corrected chi connectivity index (χ2v) is 16.5. The Labute approximate surface area is 347 Å². The Morgan fingerprint density at radius 2 is 0.965 bits per heavy atom. The maximum atomic E-state index is 12.7. The van der Waals surface area contributed by atoms with Gasteiger partial charge in [0, 0.05) is 12.8 Å². The van der Waals surface area contributed by atoms with Gasteiger partial charge in [-0.25, -0.2) is 4.57 Å². The number of hydrogen-bond donors (Lipinski definition) is 1. The van der Waals surface area contributed by atoms with Gasteiger partial charge < -0.3 is 18.9 Å². The molecule has 0 saturated carbocycles. The third-order valence-corrected chi connectivity index (χ3v) is 9.33. The molecule has 0 spiro atoms. The molecule has 0 rings (SSSR count). The lowest BCUT2D eigenvalue weighted by atomic mass is 10.2. The van der Waals surface area contributed by atoms with Crippen molar-refractivity contribution in [1.29, 1.82) is 0 Å². The van der Waals surface area contributed by atoms with E-state index in [0.717, 1.165) is 44.9 Å². The van der Waals surface area contributed by atoms with Crippen LogP contribution in [0.1, 0.15) is 136 Å². The first-order valence-electron chi connectivity index (χ1n) is 21.5. The molecular formula is C47H79NO8P+. The molecule has 2 atom stereocenters. The Morgan fingerprint density at radius 1 is 0.544 bits per heavy atom. The molecule has 0 aliphatic heterocycles. The minimum absolute atomic E-state index is 0.00564. The third kappa shape index (κ3) is 42.4. The van der Waals surface area contributed by atoms with Crippen LogP contribution >= 0.6 is 7.82 Å². The number of carbonyl (C=O) groups is 2. The molecule has 1 N–H and O–H groups in total. The molecule has 0 aliphatic carbocycles. The van der Waals surface area contributed by atoms with Crippen molar-refractivity contribution in [3.8, 4) is 0 Å². The number of quaternary nitrogens is 1. The SMILES string of the molecule is CCCCC/C=C\C/C=C\C/C=C\C/C=C\CCCC(=O)O[C@H](COC(=O)CC/C=C\C/C=C\C/C=C\C/C=C\CCCCC)COP(=O)(O)OCC[N+](C)(C)C. The highest BCUT2D eigenvalue weighted by Crippen LogP contribution is 2.43. The fourth-order valence-electron chi connectivity index (χ4n) is 4.95. The summed E-state index contributed by atoms with van der Waals surface area (Å²) in [4.78, 5) is 35.3. The van der Waals surface area contributed by atoms with Gasteiger partial charge in [-0.15, -0.1) is 0 Å². The lowest BCUT2D eigenvalue weighted by molar-refractivity contribution is -0.870. The summed E-state index contributed by atoms with van der Waals surface area (Å²) < 4.78 is 34.1. The summed E-state index contributed by atoms with van der Waals surface area (Å²) in [5, 5.41) is 0. The molecule has 9 nitrogen and oxygen atoms in total. The summed E-state index contributed by atoms with van der Waals surface area (Å²) in [6.07, 6.45) is 50.5. The van der Waals surface area contributed by atoms with Gasteiger partial charge in [0.2, 0.25) is 0 Å². The topological polar surface area (TPSA) is 108 Å². The molecule has 0 aliphatic rings. The molecule has 0 amide bonds. The number of allylic oxidation sites excluding steroid dienone is 16. The maximum absolute atomic E-state index is 12.7. The van der Waals surface area contributed by atoms with Gasteiger partial charge in [0.1, 0.15) is 19.8 Å².